The van der Waals surface area contributed by atoms with Gasteiger partial charge in [0.05, 0.1) is 18.3 Å². The molecule has 2 aliphatic rings. The summed E-state index contributed by atoms with van der Waals surface area (Å²) in [6, 6.07) is 18.1. The SMILES string of the molecule is CNc1nc([C@H]2CCCN2)nc2c1CCN(C(=O)c1ccccc1-c1ccccc1)C2. The first kappa shape index (κ1) is 19.7. The minimum absolute atomic E-state index is 0.0512. The lowest BCUT2D eigenvalue weighted by Crippen LogP contribution is -2.37. The number of nitrogens with zero attached hydrogens (tertiary/aromatic N) is 3. The van der Waals surface area contributed by atoms with Crippen LogP contribution >= 0.6 is 0 Å². The second-order valence-electron chi connectivity index (χ2n) is 8.14. The van der Waals surface area contributed by atoms with E-state index in [-0.39, 0.29) is 11.9 Å². The third-order valence-electron chi connectivity index (χ3n) is 6.22. The van der Waals surface area contributed by atoms with Crippen LogP contribution in [0.5, 0.6) is 0 Å². The van der Waals surface area contributed by atoms with E-state index in [0.29, 0.717) is 13.1 Å². The zero-order valence-corrected chi connectivity index (χ0v) is 17.8. The van der Waals surface area contributed by atoms with Crippen molar-refractivity contribution in [2.24, 2.45) is 0 Å². The summed E-state index contributed by atoms with van der Waals surface area (Å²) >= 11 is 0. The minimum atomic E-state index is 0.0512. The molecular weight excluding hydrogens is 386 g/mol. The van der Waals surface area contributed by atoms with Crippen LogP contribution in [0.4, 0.5) is 5.82 Å². The average molecular weight is 414 g/mol. The molecule has 6 nitrogen and oxygen atoms in total. The van der Waals surface area contributed by atoms with E-state index in [2.05, 4.69) is 10.6 Å². The molecule has 0 aliphatic carbocycles. The van der Waals surface area contributed by atoms with Crippen molar-refractivity contribution >= 4 is 11.7 Å². The maximum absolute atomic E-state index is 13.6. The van der Waals surface area contributed by atoms with E-state index in [9.17, 15) is 4.79 Å². The van der Waals surface area contributed by atoms with E-state index in [1.54, 1.807) is 0 Å². The van der Waals surface area contributed by atoms with Crippen LogP contribution in [0.2, 0.25) is 0 Å². The minimum Gasteiger partial charge on any atom is -0.373 e. The first-order chi connectivity index (χ1) is 15.2. The molecule has 1 amide bonds. The van der Waals surface area contributed by atoms with Gasteiger partial charge in [-0.3, -0.25) is 4.79 Å². The Kier molecular flexibility index (Phi) is 5.38. The van der Waals surface area contributed by atoms with Gasteiger partial charge in [0.15, 0.2) is 0 Å². The second kappa shape index (κ2) is 8.47. The molecule has 3 aromatic rings. The molecule has 0 radical (unpaired) electrons. The molecule has 2 N–H and O–H groups in total. The summed E-state index contributed by atoms with van der Waals surface area (Å²) in [5.41, 5.74) is 4.84. The zero-order valence-electron chi connectivity index (χ0n) is 17.8. The number of rotatable bonds is 4. The number of hydrogen-bond donors (Lipinski definition) is 2. The van der Waals surface area contributed by atoms with Gasteiger partial charge in [0.1, 0.15) is 11.6 Å². The number of fused-ring (bicyclic) bond motifs is 1. The lowest BCUT2D eigenvalue weighted by atomic mass is 9.97. The second-order valence-corrected chi connectivity index (χ2v) is 8.14. The van der Waals surface area contributed by atoms with Gasteiger partial charge in [0, 0.05) is 24.7 Å². The number of aromatic nitrogens is 2. The van der Waals surface area contributed by atoms with Gasteiger partial charge in [-0.05, 0) is 43.0 Å². The third-order valence-corrected chi connectivity index (χ3v) is 6.22. The van der Waals surface area contributed by atoms with Crippen molar-refractivity contribution in [2.45, 2.75) is 31.8 Å². The maximum atomic E-state index is 13.6. The van der Waals surface area contributed by atoms with Crippen molar-refractivity contribution < 1.29 is 4.79 Å². The van der Waals surface area contributed by atoms with Crippen LogP contribution in [0.25, 0.3) is 11.1 Å². The van der Waals surface area contributed by atoms with Gasteiger partial charge in [-0.2, -0.15) is 0 Å². The van der Waals surface area contributed by atoms with Gasteiger partial charge in [-0.1, -0.05) is 48.5 Å². The Morgan fingerprint density at radius 3 is 2.68 bits per heavy atom. The predicted octanol–water partition coefficient (Wildman–Crippen LogP) is 3.81. The molecule has 31 heavy (non-hydrogen) atoms. The molecule has 1 aromatic heterocycles. The molecule has 2 aromatic carbocycles. The molecule has 1 fully saturated rings. The molecule has 1 atom stereocenters. The fourth-order valence-electron chi connectivity index (χ4n) is 4.60. The molecule has 1 saturated heterocycles. The highest BCUT2D eigenvalue weighted by molar-refractivity contribution is 6.01. The van der Waals surface area contributed by atoms with Gasteiger partial charge >= 0.3 is 0 Å². The van der Waals surface area contributed by atoms with Crippen LogP contribution in [0.1, 0.15) is 46.3 Å². The van der Waals surface area contributed by atoms with E-state index < -0.39 is 0 Å². The highest BCUT2D eigenvalue weighted by atomic mass is 16.2. The Balaban J connectivity index is 1.46. The quantitative estimate of drug-likeness (QED) is 0.681. The number of carbonyl (C=O) groups is 1. The summed E-state index contributed by atoms with van der Waals surface area (Å²) in [4.78, 5) is 25.2. The molecule has 5 rings (SSSR count). The van der Waals surface area contributed by atoms with Crippen LogP contribution < -0.4 is 10.6 Å². The zero-order chi connectivity index (χ0) is 21.2. The largest absolute Gasteiger partial charge is 0.373 e. The standard InChI is InChI=1S/C25H27N5O/c1-26-23-20-13-15-30(16-22(20)28-24(29-23)21-12-7-14-27-21)25(31)19-11-6-5-10-18(19)17-8-3-2-4-9-17/h2-6,8-11,21,27H,7,12-16H2,1H3,(H,26,28,29)/t21-/m1/s1. The molecule has 0 bridgehead atoms. The highest BCUT2D eigenvalue weighted by Gasteiger charge is 2.29. The number of nitrogens with one attached hydrogen (secondary N) is 2. The van der Waals surface area contributed by atoms with Crippen LogP contribution in [0.15, 0.2) is 54.6 Å². The molecular formula is C25H27N5O. The predicted molar refractivity (Wildman–Crippen MR) is 122 cm³/mol. The third kappa shape index (κ3) is 3.79. The van der Waals surface area contributed by atoms with E-state index in [4.69, 9.17) is 9.97 Å². The molecule has 0 saturated carbocycles. The molecule has 158 valence electrons. The van der Waals surface area contributed by atoms with E-state index >= 15 is 0 Å². The van der Waals surface area contributed by atoms with Gasteiger partial charge in [0.2, 0.25) is 0 Å². The van der Waals surface area contributed by atoms with Gasteiger partial charge in [-0.25, -0.2) is 9.97 Å². The topological polar surface area (TPSA) is 70.2 Å². The molecule has 0 unspecified atom stereocenters. The normalized spacial score (nSPS) is 18.0. The average Bonchev–Trinajstić information content (AvgIpc) is 3.38. The lowest BCUT2D eigenvalue weighted by Gasteiger charge is -2.30. The van der Waals surface area contributed by atoms with Gasteiger partial charge in [0.25, 0.3) is 5.91 Å². The Morgan fingerprint density at radius 2 is 1.90 bits per heavy atom. The summed E-state index contributed by atoms with van der Waals surface area (Å²) in [5, 5.41) is 6.73. The number of hydrogen-bond acceptors (Lipinski definition) is 5. The van der Waals surface area contributed by atoms with Crippen LogP contribution in [0, 0.1) is 0 Å². The number of anilines is 1. The lowest BCUT2D eigenvalue weighted by molar-refractivity contribution is 0.0732. The van der Waals surface area contributed by atoms with Gasteiger partial charge in [-0.15, -0.1) is 0 Å². The summed E-state index contributed by atoms with van der Waals surface area (Å²) in [6.07, 6.45) is 2.94. The summed E-state index contributed by atoms with van der Waals surface area (Å²) in [5.74, 6) is 1.78. The Hall–Kier alpha value is -3.25. The fraction of sp³-hybridized carbons (Fsp3) is 0.320. The summed E-state index contributed by atoms with van der Waals surface area (Å²) < 4.78 is 0. The maximum Gasteiger partial charge on any atom is 0.254 e. The number of carbonyl (C=O) groups excluding carboxylic acids is 1. The van der Waals surface area contributed by atoms with Crippen molar-refractivity contribution in [1.29, 1.82) is 0 Å². The van der Waals surface area contributed by atoms with E-state index in [1.807, 2.05) is 66.5 Å². The van der Waals surface area contributed by atoms with Crippen molar-refractivity contribution in [2.75, 3.05) is 25.5 Å². The first-order valence-corrected chi connectivity index (χ1v) is 11.0. The number of benzene rings is 2. The van der Waals surface area contributed by atoms with Crippen LogP contribution in [0.3, 0.4) is 0 Å². The van der Waals surface area contributed by atoms with Crippen molar-refractivity contribution in [1.82, 2.24) is 20.2 Å². The molecule has 3 heterocycles. The van der Waals surface area contributed by atoms with Crippen LogP contribution in [-0.4, -0.2) is 40.9 Å². The van der Waals surface area contributed by atoms with Crippen molar-refractivity contribution in [3.8, 4) is 11.1 Å². The monoisotopic (exact) mass is 413 g/mol. The van der Waals surface area contributed by atoms with Crippen molar-refractivity contribution in [3.63, 3.8) is 0 Å². The fourth-order valence-corrected chi connectivity index (χ4v) is 4.60. The smallest absolute Gasteiger partial charge is 0.254 e. The van der Waals surface area contributed by atoms with E-state index in [0.717, 1.165) is 65.4 Å². The van der Waals surface area contributed by atoms with Crippen molar-refractivity contribution in [3.05, 3.63) is 77.2 Å². The van der Waals surface area contributed by atoms with Gasteiger partial charge < -0.3 is 15.5 Å². The highest BCUT2D eigenvalue weighted by Crippen LogP contribution is 2.30. The summed E-state index contributed by atoms with van der Waals surface area (Å²) in [7, 11) is 1.90. The summed E-state index contributed by atoms with van der Waals surface area (Å²) in [6.45, 7) is 2.17. The Bertz CT molecular complexity index is 1090. The molecule has 0 spiro atoms. The molecule has 6 heteroatoms. The van der Waals surface area contributed by atoms with E-state index in [1.165, 1.54) is 0 Å². The number of amides is 1. The molecule has 2 aliphatic heterocycles. The Labute approximate surface area is 182 Å². The van der Waals surface area contributed by atoms with Crippen LogP contribution in [-0.2, 0) is 13.0 Å². The Morgan fingerprint density at radius 1 is 1.10 bits per heavy atom. The first-order valence-electron chi connectivity index (χ1n) is 11.0.